The molecule has 1 aromatic heterocycles. The van der Waals surface area contributed by atoms with Gasteiger partial charge in [-0.15, -0.1) is 0 Å². The summed E-state index contributed by atoms with van der Waals surface area (Å²) in [5.74, 6) is -2.13. The molecule has 1 fully saturated rings. The van der Waals surface area contributed by atoms with Gasteiger partial charge in [-0.2, -0.15) is 5.10 Å². The molecular weight excluding hydrogens is 497 g/mol. The van der Waals surface area contributed by atoms with Gasteiger partial charge in [0.25, 0.3) is 0 Å². The van der Waals surface area contributed by atoms with Crippen molar-refractivity contribution in [1.29, 1.82) is 0 Å². The number of piperazine rings is 1. The van der Waals surface area contributed by atoms with Crippen LogP contribution in [0.2, 0.25) is 0 Å². The van der Waals surface area contributed by atoms with E-state index >= 15 is 0 Å². The van der Waals surface area contributed by atoms with E-state index in [1.54, 1.807) is 12.1 Å². The van der Waals surface area contributed by atoms with E-state index in [0.717, 1.165) is 31.4 Å². The number of carbonyl (C=O) groups excluding carboxylic acids is 1. The molecule has 0 spiro atoms. The molecule has 2 heterocycles. The quantitative estimate of drug-likeness (QED) is 0.366. The Balaban J connectivity index is 1.40. The molecule has 1 aliphatic rings. The number of carbonyl (C=O) groups is 1. The van der Waals surface area contributed by atoms with Gasteiger partial charge < -0.3 is 15.3 Å². The lowest BCUT2D eigenvalue weighted by Crippen LogP contribution is -2.52. The van der Waals surface area contributed by atoms with Crippen LogP contribution in [0.4, 0.5) is 24.5 Å². The SMILES string of the molecule is CCCCCC(=O)Nc1ccc(N2CCN(CC(O)(Cn3cncn3)c3ccc(F)cc3F)CC2)c(F)c1. The average molecular weight is 531 g/mol. The highest BCUT2D eigenvalue weighted by Crippen LogP contribution is 2.29. The van der Waals surface area contributed by atoms with Crippen LogP contribution < -0.4 is 10.2 Å². The zero-order valence-electron chi connectivity index (χ0n) is 21.4. The fourth-order valence-corrected chi connectivity index (χ4v) is 4.79. The fraction of sp³-hybridized carbons (Fsp3) is 0.444. The van der Waals surface area contributed by atoms with E-state index in [1.165, 1.54) is 29.5 Å². The van der Waals surface area contributed by atoms with Gasteiger partial charge in [-0.1, -0.05) is 25.8 Å². The van der Waals surface area contributed by atoms with Gasteiger partial charge in [0.2, 0.25) is 5.91 Å². The zero-order valence-corrected chi connectivity index (χ0v) is 21.4. The molecule has 1 unspecified atom stereocenters. The summed E-state index contributed by atoms with van der Waals surface area (Å²) in [6.07, 6.45) is 5.94. The van der Waals surface area contributed by atoms with Crippen molar-refractivity contribution in [2.75, 3.05) is 42.9 Å². The monoisotopic (exact) mass is 530 g/mol. The first-order valence-electron chi connectivity index (χ1n) is 12.8. The van der Waals surface area contributed by atoms with E-state index in [0.29, 0.717) is 44.0 Å². The summed E-state index contributed by atoms with van der Waals surface area (Å²) in [5, 5.41) is 18.3. The molecule has 0 bridgehead atoms. The minimum absolute atomic E-state index is 0.0322. The number of β-amino-alcohol motifs (C(OH)–C–C–N with tert-alkyl or cyclic N) is 1. The largest absolute Gasteiger partial charge is 0.382 e. The van der Waals surface area contributed by atoms with E-state index in [1.807, 2.05) is 9.80 Å². The van der Waals surface area contributed by atoms with Crippen LogP contribution in [0.25, 0.3) is 0 Å². The number of rotatable bonds is 11. The maximum Gasteiger partial charge on any atom is 0.224 e. The van der Waals surface area contributed by atoms with Crippen molar-refractivity contribution in [1.82, 2.24) is 19.7 Å². The number of nitrogens with zero attached hydrogens (tertiary/aromatic N) is 5. The lowest BCUT2D eigenvalue weighted by molar-refractivity contribution is -0.116. The number of anilines is 2. The number of aliphatic hydroxyl groups is 1. The highest BCUT2D eigenvalue weighted by Gasteiger charge is 2.36. The van der Waals surface area contributed by atoms with Gasteiger partial charge in [-0.3, -0.25) is 9.69 Å². The molecule has 2 N–H and O–H groups in total. The van der Waals surface area contributed by atoms with E-state index in [9.17, 15) is 23.1 Å². The Labute approximate surface area is 220 Å². The van der Waals surface area contributed by atoms with Gasteiger partial charge in [0.1, 0.15) is 35.7 Å². The minimum atomic E-state index is -1.70. The number of hydrogen-bond acceptors (Lipinski definition) is 6. The maximum atomic E-state index is 14.9. The summed E-state index contributed by atoms with van der Waals surface area (Å²) < 4.78 is 44.6. The van der Waals surface area contributed by atoms with Crippen molar-refractivity contribution in [3.63, 3.8) is 0 Å². The molecule has 11 heteroatoms. The predicted octanol–water partition coefficient (Wildman–Crippen LogP) is 3.92. The summed E-state index contributed by atoms with van der Waals surface area (Å²) in [5.41, 5.74) is -0.882. The minimum Gasteiger partial charge on any atom is -0.382 e. The van der Waals surface area contributed by atoms with Crippen LogP contribution in [-0.4, -0.2) is 63.4 Å². The zero-order chi connectivity index (χ0) is 27.1. The number of nitrogens with one attached hydrogen (secondary N) is 1. The third-order valence-electron chi connectivity index (χ3n) is 6.76. The molecule has 3 aromatic rings. The molecule has 0 saturated carbocycles. The van der Waals surface area contributed by atoms with Crippen molar-refractivity contribution in [2.24, 2.45) is 0 Å². The van der Waals surface area contributed by atoms with Crippen molar-refractivity contribution < 1.29 is 23.1 Å². The van der Waals surface area contributed by atoms with Gasteiger partial charge in [0.15, 0.2) is 0 Å². The first-order valence-corrected chi connectivity index (χ1v) is 12.8. The lowest BCUT2D eigenvalue weighted by atomic mass is 9.92. The number of aromatic nitrogens is 3. The second kappa shape index (κ2) is 12.4. The highest BCUT2D eigenvalue weighted by molar-refractivity contribution is 5.90. The molecule has 1 amide bonds. The van der Waals surface area contributed by atoms with Crippen LogP contribution in [0, 0.1) is 17.5 Å². The number of amides is 1. The standard InChI is InChI=1S/C27H33F3N6O2/c1-2-3-4-5-26(37)33-21-7-9-25(24(30)15-21)35-12-10-34(11-13-35)16-27(38,17-36-19-31-18-32-36)22-8-6-20(28)14-23(22)29/h6-9,14-15,18-19,38H,2-5,10-13,16-17H2,1H3,(H,33,37). The van der Waals surface area contributed by atoms with Gasteiger partial charge >= 0.3 is 0 Å². The van der Waals surface area contributed by atoms with Crippen LogP contribution in [-0.2, 0) is 16.9 Å². The molecule has 1 aliphatic heterocycles. The predicted molar refractivity (Wildman–Crippen MR) is 138 cm³/mol. The Morgan fingerprint density at radius 1 is 1.03 bits per heavy atom. The molecule has 4 rings (SSSR count). The van der Waals surface area contributed by atoms with E-state index in [-0.39, 0.29) is 24.6 Å². The lowest BCUT2D eigenvalue weighted by Gasteiger charge is -2.40. The summed E-state index contributed by atoms with van der Waals surface area (Å²) in [4.78, 5) is 19.8. The van der Waals surface area contributed by atoms with Crippen molar-refractivity contribution in [3.05, 3.63) is 72.1 Å². The highest BCUT2D eigenvalue weighted by atomic mass is 19.1. The number of halogens is 3. The summed E-state index contributed by atoms with van der Waals surface area (Å²) in [6, 6.07) is 7.78. The normalized spacial score (nSPS) is 15.9. The number of unbranched alkanes of at least 4 members (excludes halogenated alkanes) is 2. The van der Waals surface area contributed by atoms with E-state index in [4.69, 9.17) is 0 Å². The Morgan fingerprint density at radius 3 is 2.47 bits per heavy atom. The van der Waals surface area contributed by atoms with E-state index < -0.39 is 23.1 Å². The second-order valence-electron chi connectivity index (χ2n) is 9.68. The van der Waals surface area contributed by atoms with Gasteiger partial charge in [0.05, 0.1) is 12.2 Å². The molecule has 1 saturated heterocycles. The van der Waals surface area contributed by atoms with Gasteiger partial charge in [-0.05, 0) is 30.7 Å². The van der Waals surface area contributed by atoms with Crippen LogP contribution >= 0.6 is 0 Å². The Kier molecular flexibility index (Phi) is 9.01. The number of benzene rings is 2. The Morgan fingerprint density at radius 2 is 1.82 bits per heavy atom. The van der Waals surface area contributed by atoms with Gasteiger partial charge in [-0.25, -0.2) is 22.8 Å². The molecule has 0 aliphatic carbocycles. The summed E-state index contributed by atoms with van der Waals surface area (Å²) in [7, 11) is 0. The summed E-state index contributed by atoms with van der Waals surface area (Å²) >= 11 is 0. The van der Waals surface area contributed by atoms with Crippen molar-refractivity contribution in [2.45, 2.75) is 44.8 Å². The van der Waals surface area contributed by atoms with Gasteiger partial charge in [0, 0.05) is 56.5 Å². The average Bonchev–Trinajstić information content (AvgIpc) is 3.37. The smallest absolute Gasteiger partial charge is 0.224 e. The maximum absolute atomic E-state index is 14.9. The first-order chi connectivity index (χ1) is 18.3. The van der Waals surface area contributed by atoms with E-state index in [2.05, 4.69) is 22.3 Å². The topological polar surface area (TPSA) is 86.5 Å². The van der Waals surface area contributed by atoms with Crippen molar-refractivity contribution in [3.8, 4) is 0 Å². The molecule has 0 radical (unpaired) electrons. The second-order valence-corrected chi connectivity index (χ2v) is 9.68. The molecule has 2 aromatic carbocycles. The molecule has 204 valence electrons. The number of hydrogen-bond donors (Lipinski definition) is 2. The third-order valence-corrected chi connectivity index (χ3v) is 6.76. The molecule has 38 heavy (non-hydrogen) atoms. The van der Waals surface area contributed by atoms with Crippen LogP contribution in [0.1, 0.15) is 38.2 Å². The fourth-order valence-electron chi connectivity index (χ4n) is 4.79. The van der Waals surface area contributed by atoms with Crippen molar-refractivity contribution >= 4 is 17.3 Å². The molecular formula is C27H33F3N6O2. The third kappa shape index (κ3) is 6.90. The Bertz CT molecular complexity index is 1220. The van der Waals surface area contributed by atoms with Crippen LogP contribution in [0.15, 0.2) is 49.1 Å². The van der Waals surface area contributed by atoms with Crippen LogP contribution in [0.5, 0.6) is 0 Å². The Hall–Kier alpha value is -3.44. The summed E-state index contributed by atoms with van der Waals surface area (Å²) in [6.45, 7) is 3.98. The first kappa shape index (κ1) is 27.6. The van der Waals surface area contributed by atoms with Crippen LogP contribution in [0.3, 0.4) is 0 Å². The molecule has 8 nitrogen and oxygen atoms in total. The molecule has 1 atom stereocenters.